The average molecular weight is 499 g/mol. The molecule has 0 amide bonds. The highest BCUT2D eigenvalue weighted by molar-refractivity contribution is 5.74. The molecule has 0 radical (unpaired) electrons. The van der Waals surface area contributed by atoms with Crippen molar-refractivity contribution in [3.05, 3.63) is 101 Å². The molecule has 0 aliphatic carbocycles. The number of carbonyl (C=O) groups is 1. The van der Waals surface area contributed by atoms with Crippen molar-refractivity contribution >= 4 is 5.97 Å². The van der Waals surface area contributed by atoms with E-state index in [9.17, 15) is 10.1 Å². The van der Waals surface area contributed by atoms with E-state index in [1.165, 1.54) is 7.11 Å². The highest BCUT2D eigenvalue weighted by Crippen LogP contribution is 2.45. The maximum Gasteiger partial charge on any atom is 0.349 e. The van der Waals surface area contributed by atoms with E-state index >= 15 is 0 Å². The summed E-state index contributed by atoms with van der Waals surface area (Å²) in [5.41, 5.74) is 8.89. The van der Waals surface area contributed by atoms with E-state index in [4.69, 9.17) is 29.4 Å². The maximum atomic E-state index is 12.3. The van der Waals surface area contributed by atoms with Crippen molar-refractivity contribution in [2.75, 3.05) is 20.3 Å². The van der Waals surface area contributed by atoms with Crippen LogP contribution in [0.25, 0.3) is 0 Å². The number of nitrogens with two attached hydrogens (primary N) is 1. The van der Waals surface area contributed by atoms with Crippen molar-refractivity contribution in [3.8, 4) is 34.8 Å². The second-order valence-corrected chi connectivity index (χ2v) is 8.21. The van der Waals surface area contributed by atoms with E-state index in [0.717, 1.165) is 11.1 Å². The van der Waals surface area contributed by atoms with Crippen molar-refractivity contribution in [3.63, 3.8) is 0 Å². The molecule has 8 heteroatoms. The van der Waals surface area contributed by atoms with Crippen LogP contribution >= 0.6 is 0 Å². The van der Waals surface area contributed by atoms with Gasteiger partial charge < -0.3 is 29.4 Å². The molecule has 188 valence electrons. The van der Waals surface area contributed by atoms with Crippen LogP contribution in [0, 0.1) is 18.3 Å². The molecule has 0 saturated carbocycles. The Kier molecular flexibility index (Phi) is 7.65. The minimum absolute atomic E-state index is 0.0304. The zero-order valence-electron chi connectivity index (χ0n) is 20.5. The van der Waals surface area contributed by atoms with Gasteiger partial charge in [0.25, 0.3) is 0 Å². The predicted octanol–water partition coefficient (Wildman–Crippen LogP) is 4.77. The van der Waals surface area contributed by atoms with Gasteiger partial charge in [0, 0.05) is 11.6 Å². The fraction of sp³-hybridized carbons (Fsp3) is 0.172. The molecule has 1 aliphatic rings. The number of rotatable bonds is 9. The van der Waals surface area contributed by atoms with E-state index in [1.54, 1.807) is 48.5 Å². The van der Waals surface area contributed by atoms with E-state index in [1.807, 2.05) is 25.1 Å². The van der Waals surface area contributed by atoms with Crippen LogP contribution in [0.5, 0.6) is 28.7 Å². The Morgan fingerprint density at radius 3 is 2.54 bits per heavy atom. The van der Waals surface area contributed by atoms with Crippen molar-refractivity contribution in [1.29, 1.82) is 5.26 Å². The molecular weight excluding hydrogens is 472 g/mol. The van der Waals surface area contributed by atoms with Gasteiger partial charge in [0.1, 0.15) is 35.5 Å². The van der Waals surface area contributed by atoms with Crippen molar-refractivity contribution in [1.82, 2.24) is 0 Å². The Labute approximate surface area is 215 Å². The topological polar surface area (TPSA) is 113 Å². The number of esters is 1. The smallest absolute Gasteiger partial charge is 0.349 e. The quantitative estimate of drug-likeness (QED) is 0.255. The molecule has 3 aromatic carbocycles. The van der Waals surface area contributed by atoms with Gasteiger partial charge in [-0.05, 0) is 42.8 Å². The van der Waals surface area contributed by atoms with Gasteiger partial charge in [0.2, 0.25) is 5.88 Å². The van der Waals surface area contributed by atoms with Crippen LogP contribution in [0.3, 0.4) is 0 Å². The van der Waals surface area contributed by atoms with Crippen LogP contribution < -0.4 is 29.4 Å². The SMILES string of the molecule is C=CCOc1ccc(C2C(C#N)=C(N)Oc3cc(OC(=O)COc4ccc(C)cc4)ccc32)cc1OC. The molecule has 4 rings (SSSR count). The molecule has 2 N–H and O–H groups in total. The number of benzene rings is 3. The van der Waals surface area contributed by atoms with Crippen LogP contribution in [-0.2, 0) is 4.79 Å². The molecule has 1 heterocycles. The molecule has 1 atom stereocenters. The number of nitriles is 1. The Bertz CT molecular complexity index is 1390. The van der Waals surface area contributed by atoms with Crippen molar-refractivity contribution in [2.45, 2.75) is 12.8 Å². The maximum absolute atomic E-state index is 12.3. The van der Waals surface area contributed by atoms with Gasteiger partial charge in [-0.2, -0.15) is 5.26 Å². The van der Waals surface area contributed by atoms with Gasteiger partial charge in [-0.3, -0.25) is 0 Å². The van der Waals surface area contributed by atoms with E-state index < -0.39 is 11.9 Å². The van der Waals surface area contributed by atoms with Gasteiger partial charge in [-0.25, -0.2) is 4.79 Å². The lowest BCUT2D eigenvalue weighted by atomic mass is 9.83. The van der Waals surface area contributed by atoms with Crippen molar-refractivity contribution in [2.24, 2.45) is 5.73 Å². The van der Waals surface area contributed by atoms with Crippen LogP contribution in [0.1, 0.15) is 22.6 Å². The number of aryl methyl sites for hydroxylation is 1. The van der Waals surface area contributed by atoms with Gasteiger partial charge >= 0.3 is 5.97 Å². The number of fused-ring (bicyclic) bond motifs is 1. The lowest BCUT2D eigenvalue weighted by Gasteiger charge is -2.27. The van der Waals surface area contributed by atoms with Crippen LogP contribution in [0.2, 0.25) is 0 Å². The fourth-order valence-electron chi connectivity index (χ4n) is 3.91. The molecular formula is C29H26N2O6. The zero-order valence-corrected chi connectivity index (χ0v) is 20.5. The highest BCUT2D eigenvalue weighted by atomic mass is 16.6. The molecule has 0 saturated heterocycles. The van der Waals surface area contributed by atoms with E-state index in [0.29, 0.717) is 35.2 Å². The highest BCUT2D eigenvalue weighted by Gasteiger charge is 2.31. The Morgan fingerprint density at radius 1 is 1.08 bits per heavy atom. The van der Waals surface area contributed by atoms with E-state index in [-0.39, 0.29) is 23.8 Å². The summed E-state index contributed by atoms with van der Waals surface area (Å²) in [4.78, 5) is 12.3. The van der Waals surface area contributed by atoms with Gasteiger partial charge in [0.15, 0.2) is 18.1 Å². The second-order valence-electron chi connectivity index (χ2n) is 8.21. The first-order valence-electron chi connectivity index (χ1n) is 11.5. The summed E-state index contributed by atoms with van der Waals surface area (Å²) >= 11 is 0. The normalized spacial score (nSPS) is 14.0. The monoisotopic (exact) mass is 498 g/mol. The molecule has 1 unspecified atom stereocenters. The summed E-state index contributed by atoms with van der Waals surface area (Å²) in [7, 11) is 1.54. The lowest BCUT2D eigenvalue weighted by Crippen LogP contribution is -2.21. The molecule has 8 nitrogen and oxygen atoms in total. The minimum atomic E-state index is -0.575. The van der Waals surface area contributed by atoms with Crippen molar-refractivity contribution < 1.29 is 28.5 Å². The number of ether oxygens (including phenoxy) is 5. The lowest BCUT2D eigenvalue weighted by molar-refractivity contribution is -0.136. The first kappa shape index (κ1) is 25.2. The summed E-state index contributed by atoms with van der Waals surface area (Å²) in [5, 5.41) is 9.84. The Balaban J connectivity index is 1.57. The minimum Gasteiger partial charge on any atom is -0.493 e. The first-order chi connectivity index (χ1) is 17.9. The molecule has 1 aliphatic heterocycles. The van der Waals surface area contributed by atoms with Crippen LogP contribution in [0.15, 0.2) is 84.8 Å². The molecule has 0 bridgehead atoms. The predicted molar refractivity (Wildman–Crippen MR) is 137 cm³/mol. The van der Waals surface area contributed by atoms with Gasteiger partial charge in [0.05, 0.1) is 13.0 Å². The Hall–Kier alpha value is -4.90. The molecule has 3 aromatic rings. The standard InChI is InChI=1S/C29H26N2O6/c1-4-13-34-24-12-7-19(14-26(24)33-3)28-22-11-10-21(15-25(22)37-29(31)23(28)16-30)36-27(32)17-35-20-8-5-18(2)6-9-20/h4-12,14-15,28H,1,13,17,31H2,2-3H3. The summed E-state index contributed by atoms with van der Waals surface area (Å²) in [6, 6.07) is 19.8. The second kappa shape index (κ2) is 11.2. The van der Waals surface area contributed by atoms with Gasteiger partial charge in [-0.1, -0.05) is 42.5 Å². The molecule has 37 heavy (non-hydrogen) atoms. The largest absolute Gasteiger partial charge is 0.493 e. The number of allylic oxidation sites excluding steroid dienone is 1. The number of carbonyl (C=O) groups excluding carboxylic acids is 1. The number of methoxy groups -OCH3 is 1. The third kappa shape index (κ3) is 5.68. The third-order valence-corrected chi connectivity index (χ3v) is 5.68. The Morgan fingerprint density at radius 2 is 1.84 bits per heavy atom. The van der Waals surface area contributed by atoms with Crippen LogP contribution in [-0.4, -0.2) is 26.3 Å². The average Bonchev–Trinajstić information content (AvgIpc) is 2.90. The number of hydrogen-bond acceptors (Lipinski definition) is 8. The first-order valence-corrected chi connectivity index (χ1v) is 11.5. The number of nitrogens with zero attached hydrogens (tertiary/aromatic N) is 1. The zero-order chi connectivity index (χ0) is 26.4. The van der Waals surface area contributed by atoms with Gasteiger partial charge in [-0.15, -0.1) is 0 Å². The third-order valence-electron chi connectivity index (χ3n) is 5.68. The summed E-state index contributed by atoms with van der Waals surface area (Å²) in [6.45, 7) is 5.68. The summed E-state index contributed by atoms with van der Waals surface area (Å²) < 4.78 is 27.8. The number of hydrogen-bond donors (Lipinski definition) is 1. The summed E-state index contributed by atoms with van der Waals surface area (Å²) in [5.74, 6) is 1.12. The molecule has 0 aromatic heterocycles. The molecule has 0 spiro atoms. The fourth-order valence-corrected chi connectivity index (χ4v) is 3.91. The summed E-state index contributed by atoms with van der Waals surface area (Å²) in [6.07, 6.45) is 1.64. The van der Waals surface area contributed by atoms with E-state index in [2.05, 4.69) is 12.6 Å². The molecule has 0 fully saturated rings. The van der Waals surface area contributed by atoms with Crippen LogP contribution in [0.4, 0.5) is 0 Å².